The number of rotatable bonds is 13. The van der Waals surface area contributed by atoms with E-state index in [2.05, 4.69) is 59.6 Å². The SMILES string of the molecule is O=C(NCCOCCOCCNC(=O)c1cc(CBr)nc(CBr)c1)OC1CC/C=C/CCC1. The van der Waals surface area contributed by atoms with Crippen LogP contribution in [0.2, 0.25) is 0 Å². The lowest BCUT2D eigenvalue weighted by Gasteiger charge is -2.18. The molecule has 0 saturated heterocycles. The van der Waals surface area contributed by atoms with Crippen LogP contribution in [0, 0.1) is 0 Å². The molecular weight excluding hydrogens is 558 g/mol. The maximum absolute atomic E-state index is 12.3. The smallest absolute Gasteiger partial charge is 0.407 e. The van der Waals surface area contributed by atoms with E-state index in [1.807, 2.05) is 0 Å². The fourth-order valence-corrected chi connectivity index (χ4v) is 3.81. The van der Waals surface area contributed by atoms with E-state index in [0.717, 1.165) is 43.5 Å². The fraction of sp³-hybridized carbons (Fsp3) is 0.609. The summed E-state index contributed by atoms with van der Waals surface area (Å²) in [5, 5.41) is 6.74. The van der Waals surface area contributed by atoms with Crippen molar-refractivity contribution in [3.63, 3.8) is 0 Å². The van der Waals surface area contributed by atoms with Crippen LogP contribution in [0.5, 0.6) is 0 Å². The first-order valence-corrected chi connectivity index (χ1v) is 13.5. The Morgan fingerprint density at radius 3 is 2.21 bits per heavy atom. The molecule has 0 aliphatic heterocycles. The number of aromatic nitrogens is 1. The van der Waals surface area contributed by atoms with E-state index in [1.165, 1.54) is 0 Å². The van der Waals surface area contributed by atoms with E-state index in [1.54, 1.807) is 12.1 Å². The van der Waals surface area contributed by atoms with Gasteiger partial charge in [0, 0.05) is 29.3 Å². The van der Waals surface area contributed by atoms with Gasteiger partial charge in [-0.1, -0.05) is 44.0 Å². The Morgan fingerprint density at radius 2 is 1.55 bits per heavy atom. The predicted molar refractivity (Wildman–Crippen MR) is 134 cm³/mol. The number of alkyl carbamates (subject to hydrolysis) is 1. The number of ether oxygens (including phenoxy) is 3. The lowest BCUT2D eigenvalue weighted by Crippen LogP contribution is -2.32. The molecule has 0 fully saturated rings. The van der Waals surface area contributed by atoms with Gasteiger partial charge in [-0.3, -0.25) is 9.78 Å². The Balaban J connectivity index is 1.46. The summed E-state index contributed by atoms with van der Waals surface area (Å²) in [6.45, 7) is 2.38. The van der Waals surface area contributed by atoms with Crippen molar-refractivity contribution in [1.29, 1.82) is 0 Å². The number of pyridine rings is 1. The minimum atomic E-state index is -0.388. The first kappa shape index (κ1) is 27.8. The lowest BCUT2D eigenvalue weighted by molar-refractivity contribution is 0.0468. The molecule has 1 aromatic heterocycles. The number of nitrogens with one attached hydrogen (secondary N) is 2. The molecule has 0 radical (unpaired) electrons. The largest absolute Gasteiger partial charge is 0.446 e. The van der Waals surface area contributed by atoms with Crippen LogP contribution in [0.1, 0.15) is 53.8 Å². The van der Waals surface area contributed by atoms with E-state index >= 15 is 0 Å². The highest BCUT2D eigenvalue weighted by Gasteiger charge is 2.14. The van der Waals surface area contributed by atoms with Crippen LogP contribution < -0.4 is 10.6 Å². The third-order valence-electron chi connectivity index (χ3n) is 4.88. The molecule has 33 heavy (non-hydrogen) atoms. The van der Waals surface area contributed by atoms with Crippen molar-refractivity contribution in [2.75, 3.05) is 39.5 Å². The monoisotopic (exact) mass is 589 g/mol. The normalized spacial score (nSPS) is 17.0. The average molecular weight is 591 g/mol. The van der Waals surface area contributed by atoms with Gasteiger partial charge in [0.25, 0.3) is 5.91 Å². The molecule has 1 aromatic rings. The van der Waals surface area contributed by atoms with Gasteiger partial charge in [-0.15, -0.1) is 0 Å². The van der Waals surface area contributed by atoms with Crippen LogP contribution >= 0.6 is 31.9 Å². The van der Waals surface area contributed by atoms with Crippen molar-refractivity contribution in [2.45, 2.75) is 48.9 Å². The number of hydrogen-bond acceptors (Lipinski definition) is 6. The van der Waals surface area contributed by atoms with Gasteiger partial charge in [0.05, 0.1) is 37.8 Å². The molecule has 1 heterocycles. The standard InChI is InChI=1S/C23H33Br2N3O5/c24-16-19-14-18(15-20(17-25)28-19)22(29)26-8-10-31-12-13-32-11-9-27-23(30)33-21-6-4-2-1-3-5-7-21/h1-2,14-15,21H,3-13,16-17H2,(H,26,29)(H,27,30)/b2-1+. The number of alkyl halides is 2. The molecule has 0 aromatic carbocycles. The molecule has 10 heteroatoms. The van der Waals surface area contributed by atoms with Crippen LogP contribution in [0.4, 0.5) is 4.79 Å². The van der Waals surface area contributed by atoms with Gasteiger partial charge in [0.15, 0.2) is 0 Å². The predicted octanol–water partition coefficient (Wildman–Crippen LogP) is 4.25. The van der Waals surface area contributed by atoms with Crippen LogP contribution in [-0.4, -0.2) is 62.6 Å². The number of carbonyl (C=O) groups is 2. The van der Waals surface area contributed by atoms with Crippen molar-refractivity contribution >= 4 is 43.9 Å². The molecule has 1 aliphatic rings. The quantitative estimate of drug-likeness (QED) is 0.202. The molecule has 0 spiro atoms. The molecule has 0 bridgehead atoms. The number of hydrogen-bond donors (Lipinski definition) is 2. The second-order valence-electron chi connectivity index (χ2n) is 7.52. The summed E-state index contributed by atoms with van der Waals surface area (Å²) in [5.74, 6) is -0.157. The van der Waals surface area contributed by atoms with Gasteiger partial charge >= 0.3 is 6.09 Å². The minimum absolute atomic E-state index is 0.0128. The molecule has 184 valence electrons. The summed E-state index contributed by atoms with van der Waals surface area (Å²) in [6.07, 6.45) is 8.76. The van der Waals surface area contributed by atoms with Gasteiger partial charge in [-0.05, 0) is 44.2 Å². The molecule has 2 rings (SSSR count). The molecule has 1 atom stereocenters. The summed E-state index contributed by atoms with van der Waals surface area (Å²) in [7, 11) is 0. The zero-order chi connectivity index (χ0) is 23.7. The van der Waals surface area contributed by atoms with Crippen LogP contribution in [0.25, 0.3) is 0 Å². The van der Waals surface area contributed by atoms with Crippen molar-refractivity contribution in [3.05, 3.63) is 41.2 Å². The Hall–Kier alpha value is -1.49. The highest BCUT2D eigenvalue weighted by molar-refractivity contribution is 9.08. The molecule has 2 N–H and O–H groups in total. The zero-order valence-corrected chi connectivity index (χ0v) is 22.0. The Kier molecular flexibility index (Phi) is 14.3. The molecule has 2 amide bonds. The summed E-state index contributed by atoms with van der Waals surface area (Å²) < 4.78 is 16.4. The maximum atomic E-state index is 12.3. The van der Waals surface area contributed by atoms with E-state index in [4.69, 9.17) is 14.2 Å². The molecule has 1 unspecified atom stereocenters. The Bertz CT molecular complexity index is 741. The maximum Gasteiger partial charge on any atom is 0.407 e. The second kappa shape index (κ2) is 17.0. The first-order chi connectivity index (χ1) is 16.1. The molecule has 8 nitrogen and oxygen atoms in total. The van der Waals surface area contributed by atoms with Crippen LogP contribution in [0.3, 0.4) is 0 Å². The summed E-state index contributed by atoms with van der Waals surface area (Å²) in [4.78, 5) is 28.6. The van der Waals surface area contributed by atoms with Crippen molar-refractivity contribution in [2.24, 2.45) is 0 Å². The number of carbonyl (C=O) groups excluding carboxylic acids is 2. The molecule has 1 aliphatic carbocycles. The van der Waals surface area contributed by atoms with Gasteiger partial charge < -0.3 is 24.8 Å². The molecule has 0 saturated carbocycles. The van der Waals surface area contributed by atoms with Crippen molar-refractivity contribution in [1.82, 2.24) is 15.6 Å². The number of halogens is 2. The number of amides is 2. The summed E-state index contributed by atoms with van der Waals surface area (Å²) >= 11 is 6.74. The van der Waals surface area contributed by atoms with Crippen LogP contribution in [0.15, 0.2) is 24.3 Å². The highest BCUT2D eigenvalue weighted by Crippen LogP contribution is 2.15. The van der Waals surface area contributed by atoms with Crippen LogP contribution in [-0.2, 0) is 24.9 Å². The zero-order valence-electron chi connectivity index (χ0n) is 18.8. The van der Waals surface area contributed by atoms with Crippen molar-refractivity contribution in [3.8, 4) is 0 Å². The number of nitrogens with zero attached hydrogens (tertiary/aromatic N) is 1. The topological polar surface area (TPSA) is 98.8 Å². The Labute approximate surface area is 212 Å². The minimum Gasteiger partial charge on any atom is -0.446 e. The molecular formula is C23H33Br2N3O5. The summed E-state index contributed by atoms with van der Waals surface area (Å²) in [5.41, 5.74) is 2.20. The van der Waals surface area contributed by atoms with E-state index in [9.17, 15) is 9.59 Å². The third kappa shape index (κ3) is 12.0. The van der Waals surface area contributed by atoms with Gasteiger partial charge in [0.2, 0.25) is 0 Å². The van der Waals surface area contributed by atoms with Gasteiger partial charge in [-0.25, -0.2) is 4.79 Å². The summed E-state index contributed by atoms with van der Waals surface area (Å²) in [6, 6.07) is 3.54. The first-order valence-electron chi connectivity index (χ1n) is 11.3. The van der Waals surface area contributed by atoms with E-state index < -0.39 is 0 Å². The lowest BCUT2D eigenvalue weighted by atomic mass is 10.0. The van der Waals surface area contributed by atoms with Gasteiger partial charge in [0.1, 0.15) is 6.10 Å². The Morgan fingerprint density at radius 1 is 0.909 bits per heavy atom. The van der Waals surface area contributed by atoms with E-state index in [-0.39, 0.29) is 18.1 Å². The van der Waals surface area contributed by atoms with Crippen molar-refractivity contribution < 1.29 is 23.8 Å². The fourth-order valence-electron chi connectivity index (χ4n) is 3.24. The second-order valence-corrected chi connectivity index (χ2v) is 8.64. The average Bonchev–Trinajstić information content (AvgIpc) is 2.81. The third-order valence-corrected chi connectivity index (χ3v) is 6.03. The van der Waals surface area contributed by atoms with Gasteiger partial charge in [-0.2, -0.15) is 0 Å². The number of allylic oxidation sites excluding steroid dienone is 2. The van der Waals surface area contributed by atoms with E-state index in [0.29, 0.717) is 55.7 Å². The highest BCUT2D eigenvalue weighted by atomic mass is 79.9.